The molecular weight excluding hydrogens is 230 g/mol. The summed E-state index contributed by atoms with van der Waals surface area (Å²) in [5.74, 6) is 0. The molecule has 0 amide bonds. The van der Waals surface area contributed by atoms with E-state index in [1.165, 1.54) is 11.1 Å². The Hall–Kier alpha value is -1.73. The monoisotopic (exact) mass is 241 g/mol. The second-order valence-corrected chi connectivity index (χ2v) is 4.46. The van der Waals surface area contributed by atoms with E-state index in [1.54, 1.807) is 0 Å². The van der Waals surface area contributed by atoms with Crippen molar-refractivity contribution in [1.82, 2.24) is 5.32 Å². The van der Waals surface area contributed by atoms with E-state index < -0.39 is 0 Å². The third kappa shape index (κ3) is 1.83. The minimum Gasteiger partial charge on any atom is -0.365 e. The van der Waals surface area contributed by atoms with Crippen molar-refractivity contribution in [2.24, 2.45) is 0 Å². The van der Waals surface area contributed by atoms with E-state index in [1.807, 2.05) is 36.4 Å². The second kappa shape index (κ2) is 4.27. The van der Waals surface area contributed by atoms with Crippen LogP contribution in [0, 0.1) is 0 Å². The van der Waals surface area contributed by atoms with Crippen LogP contribution in [0.25, 0.3) is 5.57 Å². The molecule has 1 aliphatic heterocycles. The zero-order chi connectivity index (χ0) is 11.7. The maximum atomic E-state index is 6.37. The molecule has 3 rings (SSSR count). The first-order chi connectivity index (χ1) is 8.36. The van der Waals surface area contributed by atoms with Crippen molar-refractivity contribution in [2.45, 2.75) is 5.50 Å². The van der Waals surface area contributed by atoms with Crippen LogP contribution in [0.5, 0.6) is 0 Å². The molecule has 2 heteroatoms. The Kier molecular flexibility index (Phi) is 2.62. The summed E-state index contributed by atoms with van der Waals surface area (Å²) in [7, 11) is 0. The zero-order valence-electron chi connectivity index (χ0n) is 9.23. The minimum atomic E-state index is -0.158. The number of nitrogens with one attached hydrogen (secondary N) is 1. The minimum absolute atomic E-state index is 0.158. The summed E-state index contributed by atoms with van der Waals surface area (Å²) in [6.07, 6.45) is 10.2. The summed E-state index contributed by atoms with van der Waals surface area (Å²) < 4.78 is 0. The Labute approximate surface area is 106 Å². The van der Waals surface area contributed by atoms with Gasteiger partial charge in [0.1, 0.15) is 5.50 Å². The molecule has 0 saturated heterocycles. The number of rotatable bonds is 1. The molecule has 17 heavy (non-hydrogen) atoms. The van der Waals surface area contributed by atoms with Crippen molar-refractivity contribution >= 4 is 17.2 Å². The third-order valence-electron chi connectivity index (χ3n) is 2.95. The van der Waals surface area contributed by atoms with Gasteiger partial charge in [0.15, 0.2) is 0 Å². The number of allylic oxidation sites excluding steroid dienone is 5. The molecule has 0 radical (unpaired) electrons. The van der Waals surface area contributed by atoms with Crippen molar-refractivity contribution in [1.29, 1.82) is 0 Å². The van der Waals surface area contributed by atoms with Gasteiger partial charge in [-0.25, -0.2) is 0 Å². The molecule has 0 saturated carbocycles. The average Bonchev–Trinajstić information content (AvgIpc) is 2.52. The molecule has 2 aliphatic rings. The summed E-state index contributed by atoms with van der Waals surface area (Å²) in [4.78, 5) is 0. The van der Waals surface area contributed by atoms with E-state index >= 15 is 0 Å². The van der Waals surface area contributed by atoms with Crippen LogP contribution in [-0.4, -0.2) is 5.50 Å². The Morgan fingerprint density at radius 1 is 1.00 bits per heavy atom. The highest BCUT2D eigenvalue weighted by Crippen LogP contribution is 2.35. The van der Waals surface area contributed by atoms with Crippen LogP contribution in [0.2, 0.25) is 0 Å². The molecule has 1 heterocycles. The predicted octanol–water partition coefficient (Wildman–Crippen LogP) is 3.62. The fourth-order valence-corrected chi connectivity index (χ4v) is 2.53. The van der Waals surface area contributed by atoms with Gasteiger partial charge in [-0.05, 0) is 11.6 Å². The van der Waals surface area contributed by atoms with Gasteiger partial charge >= 0.3 is 0 Å². The molecule has 0 bridgehead atoms. The van der Waals surface area contributed by atoms with Crippen molar-refractivity contribution in [3.63, 3.8) is 0 Å². The van der Waals surface area contributed by atoms with Crippen LogP contribution >= 0.6 is 11.6 Å². The van der Waals surface area contributed by atoms with Crippen molar-refractivity contribution in [3.05, 3.63) is 77.5 Å². The van der Waals surface area contributed by atoms with Crippen molar-refractivity contribution in [2.75, 3.05) is 0 Å². The van der Waals surface area contributed by atoms with Gasteiger partial charge in [-0.3, -0.25) is 0 Å². The smallest absolute Gasteiger partial charge is 0.128 e. The van der Waals surface area contributed by atoms with E-state index in [0.717, 1.165) is 11.3 Å². The third-order valence-corrected chi connectivity index (χ3v) is 3.28. The molecule has 1 aromatic carbocycles. The largest absolute Gasteiger partial charge is 0.365 e. The van der Waals surface area contributed by atoms with Gasteiger partial charge in [0, 0.05) is 16.8 Å². The van der Waals surface area contributed by atoms with E-state index in [0.29, 0.717) is 0 Å². The lowest BCUT2D eigenvalue weighted by Gasteiger charge is -2.08. The highest BCUT2D eigenvalue weighted by atomic mass is 35.5. The van der Waals surface area contributed by atoms with Gasteiger partial charge in [-0.15, -0.1) is 0 Å². The van der Waals surface area contributed by atoms with Crippen LogP contribution in [0.4, 0.5) is 0 Å². The fraction of sp³-hybridized carbons (Fsp3) is 0.0667. The van der Waals surface area contributed by atoms with Gasteiger partial charge < -0.3 is 5.32 Å². The SMILES string of the molecule is ClC1NC2=CC=CC=CC2=C1c1ccccc1. The Bertz CT molecular complexity index is 550. The molecule has 1 N–H and O–H groups in total. The van der Waals surface area contributed by atoms with Crippen LogP contribution in [0.15, 0.2) is 72.0 Å². The summed E-state index contributed by atoms with van der Waals surface area (Å²) in [6.45, 7) is 0. The first-order valence-electron chi connectivity index (χ1n) is 5.62. The molecule has 0 spiro atoms. The van der Waals surface area contributed by atoms with Crippen molar-refractivity contribution in [3.8, 4) is 0 Å². The Morgan fingerprint density at radius 2 is 1.82 bits per heavy atom. The van der Waals surface area contributed by atoms with Crippen LogP contribution in [-0.2, 0) is 0 Å². The highest BCUT2D eigenvalue weighted by Gasteiger charge is 2.26. The number of benzene rings is 1. The van der Waals surface area contributed by atoms with Crippen LogP contribution in [0.1, 0.15) is 5.56 Å². The molecule has 1 aromatic rings. The summed E-state index contributed by atoms with van der Waals surface area (Å²) in [5.41, 5.74) is 4.44. The number of fused-ring (bicyclic) bond motifs is 1. The van der Waals surface area contributed by atoms with E-state index in [9.17, 15) is 0 Å². The lowest BCUT2D eigenvalue weighted by molar-refractivity contribution is 0.922. The molecule has 0 fully saturated rings. The average molecular weight is 242 g/mol. The number of halogens is 1. The first-order valence-corrected chi connectivity index (χ1v) is 6.05. The lowest BCUT2D eigenvalue weighted by Crippen LogP contribution is -2.16. The number of hydrogen-bond donors (Lipinski definition) is 1. The van der Waals surface area contributed by atoms with E-state index in [2.05, 4.69) is 29.6 Å². The topological polar surface area (TPSA) is 12.0 Å². The maximum absolute atomic E-state index is 6.37. The summed E-state index contributed by atoms with van der Waals surface area (Å²) in [5, 5.41) is 3.29. The number of hydrogen-bond acceptors (Lipinski definition) is 1. The van der Waals surface area contributed by atoms with E-state index in [-0.39, 0.29) is 5.50 Å². The fourth-order valence-electron chi connectivity index (χ4n) is 2.17. The second-order valence-electron chi connectivity index (χ2n) is 4.02. The van der Waals surface area contributed by atoms with Gasteiger partial charge in [-0.1, -0.05) is 66.2 Å². The lowest BCUT2D eigenvalue weighted by atomic mass is 10.0. The molecule has 0 aromatic heterocycles. The molecule has 1 unspecified atom stereocenters. The van der Waals surface area contributed by atoms with Crippen LogP contribution in [0.3, 0.4) is 0 Å². The molecule has 1 aliphatic carbocycles. The van der Waals surface area contributed by atoms with Gasteiger partial charge in [-0.2, -0.15) is 0 Å². The molecule has 84 valence electrons. The van der Waals surface area contributed by atoms with Crippen molar-refractivity contribution < 1.29 is 0 Å². The standard InChI is InChI=1S/C15H12ClN/c16-15-14(11-7-3-1-4-8-11)12-9-5-2-6-10-13(12)17-15/h1-10,15,17H. The highest BCUT2D eigenvalue weighted by molar-refractivity contribution is 6.27. The summed E-state index contributed by atoms with van der Waals surface area (Å²) >= 11 is 6.37. The normalized spacial score (nSPS) is 21.9. The van der Waals surface area contributed by atoms with Gasteiger partial charge in [0.05, 0.1) is 0 Å². The molecular formula is C15H12ClN. The molecule has 1 atom stereocenters. The van der Waals surface area contributed by atoms with Crippen LogP contribution < -0.4 is 5.32 Å². The zero-order valence-corrected chi connectivity index (χ0v) is 9.98. The molecule has 1 nitrogen and oxygen atoms in total. The van der Waals surface area contributed by atoms with Gasteiger partial charge in [0.25, 0.3) is 0 Å². The van der Waals surface area contributed by atoms with Gasteiger partial charge in [0.2, 0.25) is 0 Å². The number of alkyl halides is 1. The quantitative estimate of drug-likeness (QED) is 0.585. The Morgan fingerprint density at radius 3 is 2.65 bits per heavy atom. The van der Waals surface area contributed by atoms with E-state index in [4.69, 9.17) is 11.6 Å². The first kappa shape index (κ1) is 10.4. The summed E-state index contributed by atoms with van der Waals surface area (Å²) in [6, 6.07) is 10.3. The maximum Gasteiger partial charge on any atom is 0.128 e. The Balaban J connectivity index is 2.17. The predicted molar refractivity (Wildman–Crippen MR) is 72.5 cm³/mol.